The maximum Gasteiger partial charge on any atom is 0.336 e. The third-order valence-corrected chi connectivity index (χ3v) is 9.92. The molecule has 6 heteroatoms. The first kappa shape index (κ1) is 38.3. The Morgan fingerprint density at radius 3 is 1.50 bits per heavy atom. The molecule has 0 saturated carbocycles. The zero-order chi connectivity index (χ0) is 35.9. The second-order valence-corrected chi connectivity index (χ2v) is 16.0. The van der Waals surface area contributed by atoms with E-state index in [-0.39, 0.29) is 10.7 Å². The van der Waals surface area contributed by atoms with Crippen LogP contribution in [0.2, 0.25) is 0 Å². The molecule has 0 aliphatic heterocycles. The minimum Gasteiger partial charge on any atom is -0.423 e. The molecule has 0 aromatic heterocycles. The van der Waals surface area contributed by atoms with Crippen molar-refractivity contribution in [2.24, 2.45) is 0 Å². The molecule has 0 bridgehead atoms. The van der Waals surface area contributed by atoms with Crippen LogP contribution in [-0.2, 0) is 9.59 Å². The molecule has 0 N–H and O–H groups in total. The molecule has 0 aliphatic rings. The van der Waals surface area contributed by atoms with Gasteiger partial charge < -0.3 is 9.47 Å². The Morgan fingerprint density at radius 1 is 0.620 bits per heavy atom. The van der Waals surface area contributed by atoms with Gasteiger partial charge >= 0.3 is 11.9 Å². The standard InChI is InChI=1S/C44H46O4S2/c1-7-8-15-32(2)30-40(45)47-38-24-20-36(21-25-38)42(34-16-11-9-12-17-34)43(35-18-13-10-14-19-35)37-22-26-39(27-23-37)48-41(46)31-33(3)49-28-29-50-44(4,5)6/h7-14,16-27,30-31H,15,28-29H2,1-6H3/b8-7-,32-30-,33-31+,43-42+. The summed E-state index contributed by atoms with van der Waals surface area (Å²) in [4.78, 5) is 26.3. The lowest BCUT2D eigenvalue weighted by atomic mass is 9.86. The second kappa shape index (κ2) is 19.0. The molecule has 258 valence electrons. The fraction of sp³-hybridized carbons (Fsp3) is 0.227. The van der Waals surface area contributed by atoms with E-state index in [0.717, 1.165) is 55.4 Å². The van der Waals surface area contributed by atoms with Crippen molar-refractivity contribution < 1.29 is 19.1 Å². The van der Waals surface area contributed by atoms with Gasteiger partial charge in [0.05, 0.1) is 0 Å². The highest BCUT2D eigenvalue weighted by atomic mass is 32.2. The van der Waals surface area contributed by atoms with Gasteiger partial charge in [-0.15, -0.1) is 11.8 Å². The highest BCUT2D eigenvalue weighted by molar-refractivity contribution is 8.05. The van der Waals surface area contributed by atoms with Crippen LogP contribution >= 0.6 is 23.5 Å². The molecule has 4 aromatic rings. The molecule has 0 aliphatic carbocycles. The van der Waals surface area contributed by atoms with Crippen molar-refractivity contribution in [2.75, 3.05) is 11.5 Å². The zero-order valence-corrected chi connectivity index (χ0v) is 31.4. The number of esters is 2. The summed E-state index contributed by atoms with van der Waals surface area (Å²) in [6, 6.07) is 35.7. The number of rotatable bonds is 14. The van der Waals surface area contributed by atoms with Crippen LogP contribution in [-0.4, -0.2) is 28.2 Å². The Hall–Kier alpha value is -4.52. The summed E-state index contributed by atoms with van der Waals surface area (Å²) < 4.78 is 11.6. The van der Waals surface area contributed by atoms with Crippen molar-refractivity contribution in [3.05, 3.63) is 166 Å². The molecule has 4 aromatic carbocycles. The number of hydrogen-bond acceptors (Lipinski definition) is 6. The highest BCUT2D eigenvalue weighted by Crippen LogP contribution is 2.38. The number of carbonyl (C=O) groups excluding carboxylic acids is 2. The lowest BCUT2D eigenvalue weighted by Crippen LogP contribution is -2.09. The third-order valence-electron chi connectivity index (χ3n) is 7.41. The number of allylic oxidation sites excluding steroid dienone is 4. The van der Waals surface area contributed by atoms with Gasteiger partial charge in [0, 0.05) is 28.4 Å². The first-order chi connectivity index (χ1) is 24.0. The van der Waals surface area contributed by atoms with Crippen molar-refractivity contribution >= 4 is 46.6 Å². The largest absolute Gasteiger partial charge is 0.423 e. The van der Waals surface area contributed by atoms with Crippen LogP contribution in [0.1, 0.15) is 70.2 Å². The van der Waals surface area contributed by atoms with E-state index in [1.165, 1.54) is 6.08 Å². The molecular formula is C44H46O4S2. The lowest BCUT2D eigenvalue weighted by Gasteiger charge is -2.18. The third kappa shape index (κ3) is 12.4. The normalized spacial score (nSPS) is 12.8. The van der Waals surface area contributed by atoms with Gasteiger partial charge in [-0.1, -0.05) is 123 Å². The zero-order valence-electron chi connectivity index (χ0n) is 29.8. The number of carbonyl (C=O) groups is 2. The van der Waals surface area contributed by atoms with Crippen LogP contribution in [0.5, 0.6) is 11.5 Å². The van der Waals surface area contributed by atoms with Crippen LogP contribution in [0, 0.1) is 0 Å². The van der Waals surface area contributed by atoms with E-state index in [9.17, 15) is 9.59 Å². The Labute approximate surface area is 306 Å². The number of benzene rings is 4. The minimum absolute atomic E-state index is 0.227. The van der Waals surface area contributed by atoms with Crippen LogP contribution in [0.4, 0.5) is 0 Å². The highest BCUT2D eigenvalue weighted by Gasteiger charge is 2.17. The first-order valence-corrected chi connectivity index (χ1v) is 18.7. The summed E-state index contributed by atoms with van der Waals surface area (Å²) in [6.45, 7) is 12.4. The van der Waals surface area contributed by atoms with E-state index in [2.05, 4.69) is 45.0 Å². The van der Waals surface area contributed by atoms with Gasteiger partial charge in [0.25, 0.3) is 0 Å². The number of hydrogen-bond donors (Lipinski definition) is 0. The van der Waals surface area contributed by atoms with E-state index in [0.29, 0.717) is 17.9 Å². The Kier molecular flexibility index (Phi) is 14.6. The van der Waals surface area contributed by atoms with Gasteiger partial charge in [-0.3, -0.25) is 0 Å². The van der Waals surface area contributed by atoms with Gasteiger partial charge in [-0.25, -0.2) is 9.59 Å². The van der Waals surface area contributed by atoms with E-state index in [4.69, 9.17) is 9.47 Å². The predicted molar refractivity (Wildman–Crippen MR) is 214 cm³/mol. The van der Waals surface area contributed by atoms with Gasteiger partial charge in [-0.05, 0) is 89.8 Å². The maximum atomic E-state index is 12.8. The number of thioether (sulfide) groups is 2. The summed E-state index contributed by atoms with van der Waals surface area (Å²) >= 11 is 3.59. The van der Waals surface area contributed by atoms with Crippen molar-refractivity contribution in [1.29, 1.82) is 0 Å². The summed E-state index contributed by atoms with van der Waals surface area (Å²) in [5, 5.41) is 0. The van der Waals surface area contributed by atoms with Crippen LogP contribution < -0.4 is 9.47 Å². The van der Waals surface area contributed by atoms with Crippen molar-refractivity contribution in [3.63, 3.8) is 0 Å². The molecule has 0 saturated heterocycles. The summed E-state index contributed by atoms with van der Waals surface area (Å²) in [6.07, 6.45) is 7.76. The Balaban J connectivity index is 1.64. The second-order valence-electron chi connectivity index (χ2n) is 12.7. The van der Waals surface area contributed by atoms with Gasteiger partial charge in [0.1, 0.15) is 11.5 Å². The molecule has 4 nitrogen and oxygen atoms in total. The molecule has 50 heavy (non-hydrogen) atoms. The SMILES string of the molecule is C/C=C\C/C(C)=C\C(=O)Oc1ccc(/C(=C(\c2ccccc2)c2ccc(OC(=O)/C=C(\C)SCCSC(C)(C)C)cc2)c2ccccc2)cc1. The van der Waals surface area contributed by atoms with Crippen molar-refractivity contribution in [3.8, 4) is 11.5 Å². The average Bonchev–Trinajstić information content (AvgIpc) is 3.09. The Bertz CT molecular complexity index is 1830. The van der Waals surface area contributed by atoms with Crippen LogP contribution in [0.25, 0.3) is 11.1 Å². The van der Waals surface area contributed by atoms with Crippen LogP contribution in [0.3, 0.4) is 0 Å². The fourth-order valence-corrected chi connectivity index (χ4v) is 6.89. The summed E-state index contributed by atoms with van der Waals surface area (Å²) in [7, 11) is 0. The van der Waals surface area contributed by atoms with Gasteiger partial charge in [-0.2, -0.15) is 11.8 Å². The molecule has 0 fully saturated rings. The van der Waals surface area contributed by atoms with Gasteiger partial charge in [0.15, 0.2) is 0 Å². The molecule has 0 spiro atoms. The van der Waals surface area contributed by atoms with Crippen molar-refractivity contribution in [1.82, 2.24) is 0 Å². The molecule has 0 radical (unpaired) electrons. The Morgan fingerprint density at radius 2 is 1.06 bits per heavy atom. The van der Waals surface area contributed by atoms with Crippen molar-refractivity contribution in [2.45, 2.75) is 52.7 Å². The molecule has 4 rings (SSSR count). The van der Waals surface area contributed by atoms with E-state index < -0.39 is 5.97 Å². The molecule has 0 atom stereocenters. The smallest absolute Gasteiger partial charge is 0.336 e. The topological polar surface area (TPSA) is 52.6 Å². The summed E-state index contributed by atoms with van der Waals surface area (Å²) in [5.74, 6) is 2.12. The minimum atomic E-state index is -0.399. The fourth-order valence-electron chi connectivity index (χ4n) is 5.11. The van der Waals surface area contributed by atoms with Gasteiger partial charge in [0.2, 0.25) is 0 Å². The monoisotopic (exact) mass is 702 g/mol. The lowest BCUT2D eigenvalue weighted by molar-refractivity contribution is -0.129. The number of ether oxygens (including phenoxy) is 2. The predicted octanol–water partition coefficient (Wildman–Crippen LogP) is 11.6. The molecule has 0 heterocycles. The molecular weight excluding hydrogens is 657 g/mol. The van der Waals surface area contributed by atoms with E-state index >= 15 is 0 Å². The van der Waals surface area contributed by atoms with Crippen LogP contribution in [0.15, 0.2) is 144 Å². The average molecular weight is 703 g/mol. The summed E-state index contributed by atoms with van der Waals surface area (Å²) in [5.41, 5.74) is 6.96. The van der Waals surface area contributed by atoms with E-state index in [1.807, 2.05) is 130 Å². The van der Waals surface area contributed by atoms with E-state index in [1.54, 1.807) is 17.8 Å². The molecule has 0 unspecified atom stereocenters. The first-order valence-electron chi connectivity index (χ1n) is 16.8. The maximum absolute atomic E-state index is 12.8. The molecule has 0 amide bonds. The quantitative estimate of drug-likeness (QED) is 0.0326.